The Morgan fingerprint density at radius 2 is 1.87 bits per heavy atom. The summed E-state index contributed by atoms with van der Waals surface area (Å²) >= 11 is 0. The average molecular weight is 211 g/mol. The number of nitrogens with zero attached hydrogens (tertiary/aromatic N) is 1. The molecule has 0 unspecified atom stereocenters. The number of hydrogen-bond acceptors (Lipinski definition) is 2. The molecule has 2 fully saturated rings. The molecular formula is C13H25NO. The summed E-state index contributed by atoms with van der Waals surface area (Å²) in [7, 11) is 0. The van der Waals surface area contributed by atoms with Gasteiger partial charge in [0.1, 0.15) is 0 Å². The van der Waals surface area contributed by atoms with Gasteiger partial charge >= 0.3 is 0 Å². The van der Waals surface area contributed by atoms with Gasteiger partial charge in [-0.1, -0.05) is 13.8 Å². The van der Waals surface area contributed by atoms with E-state index in [9.17, 15) is 5.11 Å². The van der Waals surface area contributed by atoms with Crippen LogP contribution in [0.1, 0.15) is 52.4 Å². The van der Waals surface area contributed by atoms with E-state index in [2.05, 4.69) is 18.7 Å². The Hall–Kier alpha value is -0.0800. The molecule has 1 aliphatic heterocycles. The van der Waals surface area contributed by atoms with Crippen molar-refractivity contribution < 1.29 is 5.11 Å². The van der Waals surface area contributed by atoms with Crippen LogP contribution in [0.4, 0.5) is 0 Å². The summed E-state index contributed by atoms with van der Waals surface area (Å²) in [6.07, 6.45) is 7.32. The second-order valence-corrected chi connectivity index (χ2v) is 6.12. The lowest BCUT2D eigenvalue weighted by atomic mass is 9.85. The first-order chi connectivity index (χ1) is 7.08. The molecule has 2 nitrogen and oxygen atoms in total. The molecule has 2 aliphatic rings. The van der Waals surface area contributed by atoms with Crippen molar-refractivity contribution in [2.75, 3.05) is 13.1 Å². The van der Waals surface area contributed by atoms with Crippen LogP contribution in [0.2, 0.25) is 0 Å². The number of rotatable bonds is 1. The van der Waals surface area contributed by atoms with Gasteiger partial charge in [0.25, 0.3) is 0 Å². The fourth-order valence-electron chi connectivity index (χ4n) is 3.12. The van der Waals surface area contributed by atoms with Crippen LogP contribution in [0.15, 0.2) is 0 Å². The maximum atomic E-state index is 9.92. The molecule has 15 heavy (non-hydrogen) atoms. The van der Waals surface area contributed by atoms with E-state index in [4.69, 9.17) is 0 Å². The van der Waals surface area contributed by atoms with Crippen molar-refractivity contribution in [3.05, 3.63) is 0 Å². The molecule has 88 valence electrons. The monoisotopic (exact) mass is 211 g/mol. The molecule has 2 rings (SSSR count). The Morgan fingerprint density at radius 3 is 2.53 bits per heavy atom. The smallest absolute Gasteiger partial charge is 0.0695 e. The fraction of sp³-hybridized carbons (Fsp3) is 1.00. The Labute approximate surface area is 93.7 Å². The summed E-state index contributed by atoms with van der Waals surface area (Å²) in [6.45, 7) is 7.14. The van der Waals surface area contributed by atoms with Gasteiger partial charge in [0, 0.05) is 6.04 Å². The minimum absolute atomic E-state index is 0.0498. The maximum absolute atomic E-state index is 9.92. The van der Waals surface area contributed by atoms with Gasteiger partial charge in [-0.15, -0.1) is 0 Å². The second-order valence-electron chi connectivity index (χ2n) is 6.12. The van der Waals surface area contributed by atoms with E-state index in [0.29, 0.717) is 11.5 Å². The lowest BCUT2D eigenvalue weighted by Gasteiger charge is -2.30. The summed E-state index contributed by atoms with van der Waals surface area (Å²) in [5, 5.41) is 9.92. The molecule has 1 heterocycles. The first kappa shape index (κ1) is 11.4. The highest BCUT2D eigenvalue weighted by molar-refractivity contribution is 4.87. The summed E-state index contributed by atoms with van der Waals surface area (Å²) < 4.78 is 0. The first-order valence-electron chi connectivity index (χ1n) is 6.51. The number of aliphatic hydroxyl groups excluding tert-OH is 1. The quantitative estimate of drug-likeness (QED) is 0.720. The molecule has 2 atom stereocenters. The normalized spacial score (nSPS) is 37.8. The highest BCUT2D eigenvalue weighted by Crippen LogP contribution is 2.33. The second kappa shape index (κ2) is 4.42. The van der Waals surface area contributed by atoms with Gasteiger partial charge in [-0.25, -0.2) is 0 Å². The van der Waals surface area contributed by atoms with Crippen molar-refractivity contribution in [2.24, 2.45) is 5.41 Å². The number of likely N-dealkylation sites (tertiary alicyclic amines) is 1. The largest absolute Gasteiger partial charge is 0.391 e. The molecule has 0 aromatic rings. The third kappa shape index (κ3) is 2.73. The molecule has 2 heteroatoms. The van der Waals surface area contributed by atoms with E-state index < -0.39 is 0 Å². The Kier molecular flexibility index (Phi) is 3.36. The highest BCUT2D eigenvalue weighted by atomic mass is 16.3. The summed E-state index contributed by atoms with van der Waals surface area (Å²) in [5.41, 5.74) is 0.512. The van der Waals surface area contributed by atoms with Crippen LogP contribution in [0.5, 0.6) is 0 Å². The molecule has 0 bridgehead atoms. The predicted octanol–water partition coefficient (Wildman–Crippen LogP) is 2.41. The first-order valence-corrected chi connectivity index (χ1v) is 6.51. The molecular weight excluding hydrogens is 186 g/mol. The van der Waals surface area contributed by atoms with Crippen molar-refractivity contribution in [1.82, 2.24) is 4.90 Å². The van der Waals surface area contributed by atoms with E-state index in [1.54, 1.807) is 0 Å². The van der Waals surface area contributed by atoms with E-state index in [1.165, 1.54) is 45.2 Å². The molecule has 1 aliphatic carbocycles. The van der Waals surface area contributed by atoms with Crippen molar-refractivity contribution >= 4 is 0 Å². The topological polar surface area (TPSA) is 23.5 Å². The third-order valence-corrected chi connectivity index (χ3v) is 4.29. The molecule has 0 amide bonds. The van der Waals surface area contributed by atoms with Gasteiger partial charge in [0.2, 0.25) is 0 Å². The zero-order chi connectivity index (χ0) is 10.9. The van der Waals surface area contributed by atoms with Crippen molar-refractivity contribution in [3.8, 4) is 0 Å². The van der Waals surface area contributed by atoms with Crippen molar-refractivity contribution in [1.29, 1.82) is 0 Å². The van der Waals surface area contributed by atoms with Crippen molar-refractivity contribution in [2.45, 2.75) is 64.5 Å². The lowest BCUT2D eigenvalue weighted by molar-refractivity contribution is 0.0710. The predicted molar refractivity (Wildman–Crippen MR) is 62.9 cm³/mol. The lowest BCUT2D eigenvalue weighted by Crippen LogP contribution is -2.41. The maximum Gasteiger partial charge on any atom is 0.0695 e. The Bertz CT molecular complexity index is 215. The van der Waals surface area contributed by atoms with Crippen LogP contribution in [0, 0.1) is 5.41 Å². The van der Waals surface area contributed by atoms with Crippen molar-refractivity contribution in [3.63, 3.8) is 0 Å². The fourth-order valence-corrected chi connectivity index (χ4v) is 3.12. The van der Waals surface area contributed by atoms with Crippen LogP contribution < -0.4 is 0 Å². The standard InChI is InChI=1S/C13H25NO/c1-13(2)7-4-9-14(10-8-13)11-5-3-6-12(11)15/h11-12,15H,3-10H2,1-2H3/t11-,12-/m1/s1. The van der Waals surface area contributed by atoms with Crippen LogP contribution in [0.25, 0.3) is 0 Å². The SMILES string of the molecule is CC1(C)CCCN([C@@H]2CCC[C@H]2O)CC1. The van der Waals surface area contributed by atoms with Gasteiger partial charge in [0.05, 0.1) is 6.10 Å². The van der Waals surface area contributed by atoms with Gasteiger partial charge in [-0.3, -0.25) is 4.90 Å². The zero-order valence-corrected chi connectivity index (χ0v) is 10.2. The van der Waals surface area contributed by atoms with Crippen LogP contribution >= 0.6 is 0 Å². The molecule has 0 radical (unpaired) electrons. The van der Waals surface area contributed by atoms with Gasteiger partial charge in [0.15, 0.2) is 0 Å². The van der Waals surface area contributed by atoms with E-state index in [-0.39, 0.29) is 6.10 Å². The zero-order valence-electron chi connectivity index (χ0n) is 10.2. The Balaban J connectivity index is 1.93. The van der Waals surface area contributed by atoms with E-state index >= 15 is 0 Å². The van der Waals surface area contributed by atoms with Crippen LogP contribution in [0.3, 0.4) is 0 Å². The molecule has 1 saturated carbocycles. The van der Waals surface area contributed by atoms with Crippen LogP contribution in [-0.4, -0.2) is 35.2 Å². The van der Waals surface area contributed by atoms with Gasteiger partial charge in [-0.05, 0) is 57.0 Å². The molecule has 0 spiro atoms. The molecule has 1 saturated heterocycles. The molecule has 0 aromatic carbocycles. The van der Waals surface area contributed by atoms with Gasteiger partial charge in [-0.2, -0.15) is 0 Å². The number of aliphatic hydroxyl groups is 1. The Morgan fingerprint density at radius 1 is 1.07 bits per heavy atom. The number of hydrogen-bond donors (Lipinski definition) is 1. The minimum atomic E-state index is -0.0498. The third-order valence-electron chi connectivity index (χ3n) is 4.29. The highest BCUT2D eigenvalue weighted by Gasteiger charge is 2.33. The average Bonchev–Trinajstić information content (AvgIpc) is 2.49. The van der Waals surface area contributed by atoms with E-state index in [1.807, 2.05) is 0 Å². The molecule has 1 N–H and O–H groups in total. The van der Waals surface area contributed by atoms with Gasteiger partial charge < -0.3 is 5.11 Å². The summed E-state index contributed by atoms with van der Waals surface area (Å²) in [5.74, 6) is 0. The van der Waals surface area contributed by atoms with E-state index in [0.717, 1.165) is 6.42 Å². The molecule has 0 aromatic heterocycles. The minimum Gasteiger partial charge on any atom is -0.391 e. The van der Waals surface area contributed by atoms with Crippen LogP contribution in [-0.2, 0) is 0 Å². The summed E-state index contributed by atoms with van der Waals surface area (Å²) in [6, 6.07) is 0.471. The summed E-state index contributed by atoms with van der Waals surface area (Å²) in [4.78, 5) is 2.55.